The summed E-state index contributed by atoms with van der Waals surface area (Å²) in [6.45, 7) is 6.13. The lowest BCUT2D eigenvalue weighted by molar-refractivity contribution is -0.172. The van der Waals surface area contributed by atoms with Crippen molar-refractivity contribution in [3.63, 3.8) is 0 Å². The van der Waals surface area contributed by atoms with Crippen LogP contribution in [0, 0.1) is 5.92 Å². The van der Waals surface area contributed by atoms with Gasteiger partial charge in [0, 0.05) is 23.0 Å². The lowest BCUT2D eigenvalue weighted by Gasteiger charge is -2.33. The molecule has 0 spiro atoms. The van der Waals surface area contributed by atoms with Gasteiger partial charge in [-0.3, -0.25) is 9.59 Å². The average Bonchev–Trinajstić information content (AvgIpc) is 4.08. The van der Waals surface area contributed by atoms with E-state index >= 15 is 0 Å². The fourth-order valence-electron chi connectivity index (χ4n) is 9.37. The Morgan fingerprint density at radius 3 is 2.11 bits per heavy atom. The van der Waals surface area contributed by atoms with Gasteiger partial charge in [-0.15, -0.1) is 0 Å². The number of methoxy groups -OCH3 is 2. The molecule has 5 aromatic rings. The predicted molar refractivity (Wildman–Crippen MR) is 228 cm³/mol. The molecule has 0 radical (unpaired) electrons. The third kappa shape index (κ3) is 8.23. The summed E-state index contributed by atoms with van der Waals surface area (Å²) in [5, 5.41) is 6.91. The van der Waals surface area contributed by atoms with Crippen LogP contribution in [-0.4, -0.2) is 105 Å². The molecule has 0 aliphatic carbocycles. The molecule has 8 rings (SSSR count). The van der Waals surface area contributed by atoms with Crippen molar-refractivity contribution in [2.24, 2.45) is 5.92 Å². The Hall–Kier alpha value is -6.30. The molecule has 2 fully saturated rings. The Bertz CT molecular complexity index is 2560. The minimum absolute atomic E-state index is 0.0397. The zero-order valence-electron chi connectivity index (χ0n) is 36.2. The molecule has 18 heteroatoms. The Morgan fingerprint density at radius 2 is 1.46 bits per heavy atom. The highest BCUT2D eigenvalue weighted by Gasteiger charge is 2.44. The highest BCUT2D eigenvalue weighted by atomic mass is 19.3. The number of imidazole rings is 2. The molecule has 0 saturated carbocycles. The van der Waals surface area contributed by atoms with Crippen molar-refractivity contribution in [2.75, 3.05) is 14.2 Å². The van der Waals surface area contributed by atoms with Crippen molar-refractivity contribution in [1.82, 2.24) is 40.4 Å². The highest BCUT2D eigenvalue weighted by Crippen LogP contribution is 2.44. The normalized spacial score (nSPS) is 20.9. The van der Waals surface area contributed by atoms with E-state index < -0.39 is 48.9 Å². The molecular formula is C45H52F2N8O8. The maximum atomic E-state index is 14.0. The number of amides is 4. The molecule has 334 valence electrons. The second kappa shape index (κ2) is 17.5. The lowest BCUT2D eigenvalue weighted by Crippen LogP contribution is -2.55. The van der Waals surface area contributed by atoms with Crippen LogP contribution in [0.25, 0.3) is 44.2 Å². The summed E-state index contributed by atoms with van der Waals surface area (Å²) in [6.07, 6.45) is 1.56. The van der Waals surface area contributed by atoms with Gasteiger partial charge in [-0.1, -0.05) is 32.0 Å². The van der Waals surface area contributed by atoms with E-state index in [1.807, 2.05) is 56.9 Å². The number of fused-ring (bicyclic) bond motifs is 6. The van der Waals surface area contributed by atoms with E-state index in [2.05, 4.69) is 48.3 Å². The molecule has 7 atom stereocenters. The van der Waals surface area contributed by atoms with E-state index in [9.17, 15) is 28.0 Å². The van der Waals surface area contributed by atoms with Gasteiger partial charge in [0.25, 0.3) is 0 Å². The SMILES string of the molecule is COC(=O)N[C@H](C(=O)N1[C@@H](C)CC[C@H]1c1ncc(-c2ccc3c(c2)COc2cc4c(ccc5nc([C@@H]6CC[C@H](C)N6C(=O)[C@@H](NC(=O)OC)[C@@H](C)OC(F)F)[nH]c54)cc2-3)[nH]1)C(C)C. The Kier molecular flexibility index (Phi) is 12.0. The molecular weight excluding hydrogens is 819 g/mol. The standard InChI is InChI=1S/C45H52F2N8O8/c1-21(2)36(52-44(58)60-6)41(56)54-22(3)8-14-33(54)39-48-19-32(50-39)26-10-12-28-27(16-26)20-62-35-18-29-25(17-30(28)35)11-13-31-38(29)51-40(49-31)34-15-9-23(4)55(34)42(57)37(53-45(59)61-7)24(5)63-43(46)47/h10-13,16-19,21-24,33-34,36-37,43H,8-9,14-15,20H2,1-7H3,(H,48,50)(H,49,51)(H,52,58)(H,53,59)/t22-,23-,24+,33-,34-,36-,37-/m0/s1. The molecule has 3 aromatic carbocycles. The van der Waals surface area contributed by atoms with Gasteiger partial charge < -0.3 is 49.3 Å². The lowest BCUT2D eigenvalue weighted by atomic mass is 9.92. The quantitative estimate of drug-likeness (QED) is 0.103. The Labute approximate surface area is 362 Å². The van der Waals surface area contributed by atoms with Crippen LogP contribution in [0.1, 0.15) is 89.6 Å². The van der Waals surface area contributed by atoms with Crippen LogP contribution in [-0.2, 0) is 30.4 Å². The number of benzene rings is 3. The largest absolute Gasteiger partial charge is 0.488 e. The molecule has 2 saturated heterocycles. The molecule has 16 nitrogen and oxygen atoms in total. The number of halogens is 2. The number of nitrogens with one attached hydrogen (secondary N) is 4. The van der Waals surface area contributed by atoms with Gasteiger partial charge in [0.05, 0.1) is 55.3 Å². The summed E-state index contributed by atoms with van der Waals surface area (Å²) >= 11 is 0. The number of aromatic nitrogens is 4. The highest BCUT2D eigenvalue weighted by molar-refractivity contribution is 6.07. The van der Waals surface area contributed by atoms with Gasteiger partial charge in [-0.25, -0.2) is 19.6 Å². The first-order valence-electron chi connectivity index (χ1n) is 21.2. The zero-order chi connectivity index (χ0) is 44.9. The van der Waals surface area contributed by atoms with Crippen LogP contribution in [0.2, 0.25) is 0 Å². The first-order chi connectivity index (χ1) is 30.2. The topological polar surface area (TPSA) is 193 Å². The molecule has 0 bridgehead atoms. The maximum Gasteiger partial charge on any atom is 0.407 e. The number of nitrogens with zero attached hydrogens (tertiary/aromatic N) is 4. The zero-order valence-corrected chi connectivity index (χ0v) is 36.2. The monoisotopic (exact) mass is 870 g/mol. The van der Waals surface area contributed by atoms with Crippen molar-refractivity contribution >= 4 is 45.8 Å². The molecule has 4 amide bonds. The van der Waals surface area contributed by atoms with Crippen LogP contribution < -0.4 is 15.4 Å². The van der Waals surface area contributed by atoms with Gasteiger partial charge in [0.1, 0.15) is 36.1 Å². The third-order valence-corrected chi connectivity index (χ3v) is 12.7. The predicted octanol–water partition coefficient (Wildman–Crippen LogP) is 7.50. The number of carbonyl (C=O) groups excluding carboxylic acids is 4. The van der Waals surface area contributed by atoms with Crippen LogP contribution in [0.3, 0.4) is 0 Å². The molecule has 0 unspecified atom stereocenters. The second-order valence-electron chi connectivity index (χ2n) is 16.9. The van der Waals surface area contributed by atoms with Crippen LogP contribution in [0.15, 0.2) is 48.7 Å². The number of aromatic amines is 2. The number of alkyl carbamates (subject to hydrolysis) is 2. The van der Waals surface area contributed by atoms with Gasteiger partial charge in [-0.05, 0) is 98.7 Å². The van der Waals surface area contributed by atoms with Gasteiger partial charge in [-0.2, -0.15) is 8.78 Å². The summed E-state index contributed by atoms with van der Waals surface area (Å²) in [4.78, 5) is 72.2. The first-order valence-corrected chi connectivity index (χ1v) is 21.2. The van der Waals surface area contributed by atoms with Crippen molar-refractivity contribution in [3.05, 3.63) is 65.9 Å². The van der Waals surface area contributed by atoms with Gasteiger partial charge in [0.2, 0.25) is 11.8 Å². The van der Waals surface area contributed by atoms with Crippen LogP contribution >= 0.6 is 0 Å². The van der Waals surface area contributed by atoms with Crippen molar-refractivity contribution in [2.45, 2.75) is 116 Å². The van der Waals surface area contributed by atoms with E-state index in [4.69, 9.17) is 19.4 Å². The number of carbonyl (C=O) groups is 4. The summed E-state index contributed by atoms with van der Waals surface area (Å²) in [7, 11) is 2.40. The van der Waals surface area contributed by atoms with E-state index in [0.717, 1.165) is 64.2 Å². The first kappa shape index (κ1) is 43.4. The van der Waals surface area contributed by atoms with E-state index in [1.165, 1.54) is 14.0 Å². The molecule has 5 heterocycles. The molecule has 3 aliphatic rings. The molecule has 2 aromatic heterocycles. The Morgan fingerprint density at radius 1 is 0.810 bits per heavy atom. The third-order valence-electron chi connectivity index (χ3n) is 12.7. The smallest absolute Gasteiger partial charge is 0.407 e. The van der Waals surface area contributed by atoms with Gasteiger partial charge >= 0.3 is 18.8 Å². The van der Waals surface area contributed by atoms with Crippen molar-refractivity contribution in [1.29, 1.82) is 0 Å². The van der Waals surface area contributed by atoms with Gasteiger partial charge in [0.15, 0.2) is 0 Å². The molecule has 63 heavy (non-hydrogen) atoms. The van der Waals surface area contributed by atoms with E-state index in [0.29, 0.717) is 42.4 Å². The molecule has 4 N–H and O–H groups in total. The minimum Gasteiger partial charge on any atom is -0.488 e. The number of H-pyrrole nitrogens is 2. The number of likely N-dealkylation sites (tertiary alicyclic amines) is 2. The van der Waals surface area contributed by atoms with E-state index in [1.54, 1.807) is 11.1 Å². The second-order valence-corrected chi connectivity index (χ2v) is 16.9. The summed E-state index contributed by atoms with van der Waals surface area (Å²) in [5.74, 6) is 1.01. The summed E-state index contributed by atoms with van der Waals surface area (Å²) < 4.78 is 47.0. The molecule has 3 aliphatic heterocycles. The van der Waals surface area contributed by atoms with Crippen molar-refractivity contribution < 1.29 is 46.9 Å². The fraction of sp³-hybridized carbons (Fsp3) is 0.467. The number of hydrogen-bond donors (Lipinski definition) is 4. The Balaban J connectivity index is 1.04. The minimum atomic E-state index is -3.15. The fourth-order valence-corrected chi connectivity index (χ4v) is 9.37. The van der Waals surface area contributed by atoms with Crippen LogP contribution in [0.4, 0.5) is 18.4 Å². The van der Waals surface area contributed by atoms with E-state index in [-0.39, 0.29) is 30.0 Å². The number of alkyl halides is 2. The maximum absolute atomic E-state index is 14.0. The number of rotatable bonds is 11. The number of hydrogen-bond acceptors (Lipinski definition) is 10. The number of ether oxygens (including phenoxy) is 4. The van der Waals surface area contributed by atoms with Crippen molar-refractivity contribution in [3.8, 4) is 28.1 Å². The summed E-state index contributed by atoms with van der Waals surface area (Å²) in [5.41, 5.74) is 6.11. The average molecular weight is 871 g/mol. The summed E-state index contributed by atoms with van der Waals surface area (Å²) in [6, 6.07) is 10.9. The van der Waals surface area contributed by atoms with Crippen LogP contribution in [0.5, 0.6) is 5.75 Å².